The van der Waals surface area contributed by atoms with Crippen LogP contribution in [0.2, 0.25) is 0 Å². The highest BCUT2D eigenvalue weighted by Crippen LogP contribution is 2.28. The van der Waals surface area contributed by atoms with Gasteiger partial charge in [0.25, 0.3) is 23.6 Å². The van der Waals surface area contributed by atoms with Crippen molar-refractivity contribution in [1.82, 2.24) is 44.7 Å². The zero-order chi connectivity index (χ0) is 53.8. The minimum absolute atomic E-state index is 0. The molecular weight excluding hydrogens is 975 g/mol. The Bertz CT molecular complexity index is 3440. The maximum atomic E-state index is 13.2. The molecule has 0 bridgehead atoms. The number of nitrogens with zero attached hydrogens (tertiary/aromatic N) is 11. The van der Waals surface area contributed by atoms with Crippen LogP contribution in [0.4, 0.5) is 16.4 Å². The SMILES string of the molecule is C.C.CCCCNC(=O)c1ccc(-c2cnn3ccc(C(=O)N(C)c4ccc(C#N)cn4)cc23)cc1.CN(CCNC(=O)c1ccc(-c2cnn3ccc(C(=O)N(C)c4ccc(C#N)cn4)cc23)cc1)C(=O)OC(C)(C)C. The topological polar surface area (TPSA) is 236 Å². The number of anilines is 2. The number of benzene rings is 2. The molecule has 0 spiro atoms. The Kier molecular flexibility index (Phi) is 19.6. The second-order valence-electron chi connectivity index (χ2n) is 18.3. The molecule has 77 heavy (non-hydrogen) atoms. The van der Waals surface area contributed by atoms with E-state index < -0.39 is 11.7 Å². The van der Waals surface area contributed by atoms with E-state index in [0.717, 1.165) is 46.1 Å². The van der Waals surface area contributed by atoms with Crippen molar-refractivity contribution < 1.29 is 28.7 Å². The number of nitriles is 2. The average Bonchev–Trinajstić information content (AvgIpc) is 4.07. The van der Waals surface area contributed by atoms with Crippen molar-refractivity contribution in [3.05, 3.63) is 168 Å². The van der Waals surface area contributed by atoms with Gasteiger partial charge in [0.15, 0.2) is 0 Å². The van der Waals surface area contributed by atoms with Crippen molar-refractivity contribution in [3.63, 3.8) is 0 Å². The lowest BCUT2D eigenvalue weighted by Gasteiger charge is -2.24. The maximum absolute atomic E-state index is 13.2. The third kappa shape index (κ3) is 14.3. The minimum atomic E-state index is -0.589. The van der Waals surface area contributed by atoms with E-state index in [2.05, 4.69) is 37.7 Å². The summed E-state index contributed by atoms with van der Waals surface area (Å²) in [4.78, 5) is 75.9. The molecule has 0 radical (unpaired) electrons. The van der Waals surface area contributed by atoms with Gasteiger partial charge in [0.05, 0.1) is 34.6 Å². The molecule has 0 aliphatic carbocycles. The number of hydrogen-bond donors (Lipinski definition) is 2. The first-order chi connectivity index (χ1) is 36.0. The molecule has 5 amide bonds. The van der Waals surface area contributed by atoms with Crippen LogP contribution in [0.5, 0.6) is 0 Å². The standard InChI is InChI=1S/C30H31N7O4.C26H24N6O2.2CH4/c1-30(2,3)41-29(40)35(4)15-13-32-27(38)22-9-7-21(8-10-22)24-19-34-37-14-12-23(16-25(24)37)28(39)36(5)26-11-6-20(17-31)18-33-26;1-3-4-12-28-25(33)20-8-6-19(7-9-20)22-17-30-32-13-11-21(14-23(22)32)26(34)31(2)24-10-5-18(15-27)16-29-24;;/h6-12,14,16,18-19H,13,15H2,1-5H3,(H,32,38);5-11,13-14,16-17H,3-4,12H2,1-2H3,(H,28,33);2*1H4. The van der Waals surface area contributed by atoms with E-state index in [1.54, 1.807) is 149 Å². The Morgan fingerprint density at radius 2 is 1.03 bits per heavy atom. The Balaban J connectivity index is 0.000000281. The highest BCUT2D eigenvalue weighted by molar-refractivity contribution is 6.07. The van der Waals surface area contributed by atoms with Crippen LogP contribution < -0.4 is 20.4 Å². The van der Waals surface area contributed by atoms with Gasteiger partial charge in [0.1, 0.15) is 29.4 Å². The molecule has 0 unspecified atom stereocenters. The van der Waals surface area contributed by atoms with Gasteiger partial charge in [-0.25, -0.2) is 23.8 Å². The van der Waals surface area contributed by atoms with Crippen LogP contribution in [0.25, 0.3) is 33.3 Å². The Morgan fingerprint density at radius 1 is 0.597 bits per heavy atom. The number of fused-ring (bicyclic) bond motifs is 2. The molecule has 8 aromatic rings. The van der Waals surface area contributed by atoms with Crippen LogP contribution in [0.3, 0.4) is 0 Å². The molecule has 0 aliphatic heterocycles. The highest BCUT2D eigenvalue weighted by Gasteiger charge is 2.21. The fraction of sp³-hybridized carbons (Fsp3) is 0.259. The van der Waals surface area contributed by atoms with E-state index in [1.165, 1.54) is 27.1 Å². The fourth-order valence-corrected chi connectivity index (χ4v) is 7.52. The van der Waals surface area contributed by atoms with Crippen molar-refractivity contribution in [2.75, 3.05) is 50.6 Å². The van der Waals surface area contributed by atoms with Crippen LogP contribution in [0.15, 0.2) is 134 Å². The predicted molar refractivity (Wildman–Crippen MR) is 297 cm³/mol. The second-order valence-corrected chi connectivity index (χ2v) is 18.3. The van der Waals surface area contributed by atoms with Crippen molar-refractivity contribution in [1.29, 1.82) is 10.5 Å². The lowest BCUT2D eigenvalue weighted by Crippen LogP contribution is -2.39. The number of carbonyl (C=O) groups is 5. The molecule has 0 fully saturated rings. The van der Waals surface area contributed by atoms with E-state index in [-0.39, 0.29) is 45.0 Å². The largest absolute Gasteiger partial charge is 0.444 e. The van der Waals surface area contributed by atoms with Crippen molar-refractivity contribution >= 4 is 52.4 Å². The summed E-state index contributed by atoms with van der Waals surface area (Å²) in [6.07, 6.45) is 11.3. The Hall–Kier alpha value is -9.75. The van der Waals surface area contributed by atoms with Gasteiger partial charge in [0, 0.05) is 98.9 Å². The number of carbonyl (C=O) groups excluding carboxylic acids is 5. The average molecular weight is 1040 g/mol. The number of unbranched alkanes of at least 4 members (excludes halogenated alkanes) is 1. The molecule has 6 aromatic heterocycles. The summed E-state index contributed by atoms with van der Waals surface area (Å²) in [5.41, 5.74) is 7.11. The van der Waals surface area contributed by atoms with Crippen molar-refractivity contribution in [2.24, 2.45) is 0 Å². The Labute approximate surface area is 448 Å². The number of nitrogens with one attached hydrogen (secondary N) is 2. The smallest absolute Gasteiger partial charge is 0.410 e. The first kappa shape index (κ1) is 58.1. The van der Waals surface area contributed by atoms with Gasteiger partial charge < -0.3 is 20.3 Å². The number of pyridine rings is 4. The molecule has 19 heteroatoms. The fourth-order valence-electron chi connectivity index (χ4n) is 7.52. The van der Waals surface area contributed by atoms with E-state index in [4.69, 9.17) is 15.3 Å². The molecule has 396 valence electrons. The van der Waals surface area contributed by atoms with Gasteiger partial charge >= 0.3 is 6.09 Å². The monoisotopic (exact) mass is 1040 g/mol. The number of ether oxygens (including phenoxy) is 1. The van der Waals surface area contributed by atoms with Gasteiger partial charge in [0.2, 0.25) is 0 Å². The van der Waals surface area contributed by atoms with Crippen molar-refractivity contribution in [2.45, 2.75) is 61.0 Å². The normalized spacial score (nSPS) is 10.6. The highest BCUT2D eigenvalue weighted by atomic mass is 16.6. The lowest BCUT2D eigenvalue weighted by atomic mass is 10.0. The van der Waals surface area contributed by atoms with Crippen LogP contribution >= 0.6 is 0 Å². The summed E-state index contributed by atoms with van der Waals surface area (Å²) in [7, 11) is 4.88. The molecule has 8 rings (SSSR count). The first-order valence-corrected chi connectivity index (χ1v) is 23.9. The molecule has 2 aromatic carbocycles. The van der Waals surface area contributed by atoms with Crippen LogP contribution in [-0.4, -0.2) is 110 Å². The van der Waals surface area contributed by atoms with E-state index >= 15 is 0 Å². The molecule has 19 nitrogen and oxygen atoms in total. The van der Waals surface area contributed by atoms with E-state index in [0.29, 0.717) is 58.1 Å². The summed E-state index contributed by atoms with van der Waals surface area (Å²) in [6.45, 7) is 8.71. The zero-order valence-electron chi connectivity index (χ0n) is 42.6. The summed E-state index contributed by atoms with van der Waals surface area (Å²) < 4.78 is 8.70. The summed E-state index contributed by atoms with van der Waals surface area (Å²) in [6, 6.07) is 31.9. The third-order valence-electron chi connectivity index (χ3n) is 11.8. The molecular formula is C58H63N13O6. The maximum Gasteiger partial charge on any atom is 0.410 e. The number of rotatable bonds is 14. The number of hydrogen-bond acceptors (Lipinski definition) is 12. The Morgan fingerprint density at radius 3 is 1.40 bits per heavy atom. The molecule has 0 saturated heterocycles. The molecule has 0 atom stereocenters. The molecule has 6 heterocycles. The van der Waals surface area contributed by atoms with Crippen LogP contribution in [0, 0.1) is 22.7 Å². The van der Waals surface area contributed by atoms with Gasteiger partial charge in [-0.2, -0.15) is 20.7 Å². The molecule has 0 aliphatic rings. The lowest BCUT2D eigenvalue weighted by molar-refractivity contribution is 0.0298. The quantitative estimate of drug-likeness (QED) is 0.0969. The van der Waals surface area contributed by atoms with Crippen molar-refractivity contribution in [3.8, 4) is 34.4 Å². The van der Waals surface area contributed by atoms with Crippen LogP contribution in [-0.2, 0) is 4.74 Å². The predicted octanol–water partition coefficient (Wildman–Crippen LogP) is 9.49. The zero-order valence-corrected chi connectivity index (χ0v) is 42.6. The number of likely N-dealkylation sites (N-methyl/N-ethyl adjacent to an activating group) is 1. The van der Waals surface area contributed by atoms with Crippen LogP contribution in [0.1, 0.15) is 108 Å². The van der Waals surface area contributed by atoms with Gasteiger partial charge in [-0.15, -0.1) is 0 Å². The number of aromatic nitrogens is 6. The second kappa shape index (κ2) is 26.0. The summed E-state index contributed by atoms with van der Waals surface area (Å²) in [5, 5.41) is 32.4. The van der Waals surface area contributed by atoms with Gasteiger partial charge in [-0.05, 0) is 111 Å². The van der Waals surface area contributed by atoms with E-state index in [9.17, 15) is 24.0 Å². The minimum Gasteiger partial charge on any atom is -0.444 e. The molecule has 0 saturated carbocycles. The van der Waals surface area contributed by atoms with E-state index in [1.807, 2.05) is 36.4 Å². The first-order valence-electron chi connectivity index (χ1n) is 23.9. The third-order valence-corrected chi connectivity index (χ3v) is 11.8. The summed E-state index contributed by atoms with van der Waals surface area (Å²) in [5.74, 6) is 0.0269. The summed E-state index contributed by atoms with van der Waals surface area (Å²) >= 11 is 0. The molecule has 2 N–H and O–H groups in total. The van der Waals surface area contributed by atoms with Gasteiger partial charge in [-0.3, -0.25) is 29.0 Å². The number of amides is 5. The van der Waals surface area contributed by atoms with Gasteiger partial charge in [-0.1, -0.05) is 52.5 Å².